The maximum absolute atomic E-state index is 12.8. The summed E-state index contributed by atoms with van der Waals surface area (Å²) in [6, 6.07) is 28.7. The third-order valence-corrected chi connectivity index (χ3v) is 6.64. The number of carbonyl (C=O) groups is 1. The molecule has 0 bridgehead atoms. The molecule has 0 unspecified atom stereocenters. The highest BCUT2D eigenvalue weighted by Gasteiger charge is 2.27. The molecule has 1 N–H and O–H groups in total. The van der Waals surface area contributed by atoms with E-state index in [2.05, 4.69) is 82.7 Å². The van der Waals surface area contributed by atoms with Crippen LogP contribution in [0.4, 0.5) is 0 Å². The van der Waals surface area contributed by atoms with Crippen molar-refractivity contribution in [2.75, 3.05) is 32.8 Å². The molecule has 0 aromatic heterocycles. The highest BCUT2D eigenvalue weighted by atomic mass is 32.1. The topological polar surface area (TPSA) is 44.8 Å². The standard InChI is InChI=1S/C29H33N3O2S/c1-2-3-21-34-26-16-10-15-25(22-26)28(33)30-29(35)32-19-17-31(18-20-32)27(23-11-6-4-7-12-23)24-13-8-5-9-14-24/h4-16,22,27H,2-3,17-21H2,1H3,(H,30,33,35). The highest BCUT2D eigenvalue weighted by Crippen LogP contribution is 2.29. The Hall–Kier alpha value is -3.22. The van der Waals surface area contributed by atoms with Gasteiger partial charge in [0.15, 0.2) is 5.11 Å². The summed E-state index contributed by atoms with van der Waals surface area (Å²) in [6.45, 7) is 6.00. The number of benzene rings is 3. The monoisotopic (exact) mass is 487 g/mol. The van der Waals surface area contributed by atoms with Gasteiger partial charge in [-0.3, -0.25) is 15.0 Å². The molecule has 1 amide bonds. The number of piperazine rings is 1. The highest BCUT2D eigenvalue weighted by molar-refractivity contribution is 7.80. The van der Waals surface area contributed by atoms with E-state index in [4.69, 9.17) is 17.0 Å². The van der Waals surface area contributed by atoms with Gasteiger partial charge >= 0.3 is 0 Å². The first-order valence-corrected chi connectivity index (χ1v) is 12.7. The number of carbonyl (C=O) groups excluding carboxylic acids is 1. The lowest BCUT2D eigenvalue weighted by Gasteiger charge is -2.40. The summed E-state index contributed by atoms with van der Waals surface area (Å²) in [4.78, 5) is 17.4. The van der Waals surface area contributed by atoms with E-state index in [-0.39, 0.29) is 11.9 Å². The quantitative estimate of drug-likeness (QED) is 0.346. The molecular weight excluding hydrogens is 454 g/mol. The van der Waals surface area contributed by atoms with Crippen molar-refractivity contribution in [1.82, 2.24) is 15.1 Å². The molecule has 1 aliphatic heterocycles. The third kappa shape index (κ3) is 6.68. The molecule has 0 saturated carbocycles. The van der Waals surface area contributed by atoms with Gasteiger partial charge in [0.05, 0.1) is 12.6 Å². The molecule has 3 aromatic rings. The Morgan fingerprint density at radius 3 is 2.14 bits per heavy atom. The van der Waals surface area contributed by atoms with E-state index < -0.39 is 0 Å². The number of rotatable bonds is 8. The molecule has 35 heavy (non-hydrogen) atoms. The van der Waals surface area contributed by atoms with Gasteiger partial charge in [-0.25, -0.2) is 0 Å². The summed E-state index contributed by atoms with van der Waals surface area (Å²) in [7, 11) is 0. The maximum atomic E-state index is 12.8. The van der Waals surface area contributed by atoms with Crippen LogP contribution < -0.4 is 10.1 Å². The van der Waals surface area contributed by atoms with Crippen LogP contribution in [0.1, 0.15) is 47.3 Å². The number of unbranched alkanes of at least 4 members (excludes halogenated alkanes) is 1. The van der Waals surface area contributed by atoms with Crippen LogP contribution in [0.5, 0.6) is 5.75 Å². The van der Waals surface area contributed by atoms with Crippen LogP contribution in [0.25, 0.3) is 0 Å². The summed E-state index contributed by atoms with van der Waals surface area (Å²) in [5, 5.41) is 3.39. The first kappa shape index (κ1) is 24.9. The number of thiocarbonyl (C=S) groups is 1. The first-order valence-electron chi connectivity index (χ1n) is 12.3. The Labute approximate surface area is 213 Å². The van der Waals surface area contributed by atoms with Gasteiger partial charge < -0.3 is 9.64 Å². The van der Waals surface area contributed by atoms with E-state index in [1.807, 2.05) is 12.1 Å². The third-order valence-electron chi connectivity index (χ3n) is 6.28. The molecule has 3 aromatic carbocycles. The van der Waals surface area contributed by atoms with E-state index >= 15 is 0 Å². The lowest BCUT2D eigenvalue weighted by atomic mass is 9.96. The zero-order chi connectivity index (χ0) is 24.5. The maximum Gasteiger partial charge on any atom is 0.257 e. The average Bonchev–Trinajstić information content (AvgIpc) is 2.91. The van der Waals surface area contributed by atoms with Crippen LogP contribution in [0.3, 0.4) is 0 Å². The fourth-order valence-electron chi connectivity index (χ4n) is 4.38. The zero-order valence-corrected chi connectivity index (χ0v) is 21.0. The van der Waals surface area contributed by atoms with Crippen molar-refractivity contribution in [3.8, 4) is 5.75 Å². The lowest BCUT2D eigenvalue weighted by Crippen LogP contribution is -2.53. The van der Waals surface area contributed by atoms with Crippen LogP contribution in [-0.2, 0) is 0 Å². The van der Waals surface area contributed by atoms with Gasteiger partial charge in [-0.2, -0.15) is 0 Å². The van der Waals surface area contributed by atoms with Crippen LogP contribution in [0.15, 0.2) is 84.9 Å². The molecule has 0 spiro atoms. The van der Waals surface area contributed by atoms with Gasteiger partial charge in [0.2, 0.25) is 0 Å². The molecule has 0 aliphatic carbocycles. The van der Waals surface area contributed by atoms with Crippen LogP contribution >= 0.6 is 12.2 Å². The van der Waals surface area contributed by atoms with E-state index in [1.165, 1.54) is 11.1 Å². The van der Waals surface area contributed by atoms with Crippen molar-refractivity contribution in [1.29, 1.82) is 0 Å². The van der Waals surface area contributed by atoms with Gasteiger partial charge in [-0.15, -0.1) is 0 Å². The van der Waals surface area contributed by atoms with Gasteiger partial charge in [-0.05, 0) is 48.0 Å². The van der Waals surface area contributed by atoms with Crippen LogP contribution in [0, 0.1) is 0 Å². The number of nitrogens with zero attached hydrogens (tertiary/aromatic N) is 2. The number of nitrogens with one attached hydrogen (secondary N) is 1. The number of hydrogen-bond donors (Lipinski definition) is 1. The van der Waals surface area contributed by atoms with Crippen molar-refractivity contribution in [3.05, 3.63) is 102 Å². The minimum atomic E-state index is -0.204. The summed E-state index contributed by atoms with van der Waals surface area (Å²) < 4.78 is 5.74. The second kappa shape index (κ2) is 12.5. The molecule has 1 saturated heterocycles. The minimum absolute atomic E-state index is 0.193. The molecule has 5 nitrogen and oxygen atoms in total. The molecule has 0 atom stereocenters. The summed E-state index contributed by atoms with van der Waals surface area (Å²) in [6.07, 6.45) is 2.06. The summed E-state index contributed by atoms with van der Waals surface area (Å²) in [5.74, 6) is 0.503. The number of amides is 1. The first-order chi connectivity index (χ1) is 17.2. The molecule has 1 heterocycles. The molecule has 0 radical (unpaired) electrons. The number of hydrogen-bond acceptors (Lipinski definition) is 4. The Morgan fingerprint density at radius 1 is 0.914 bits per heavy atom. The van der Waals surface area contributed by atoms with Crippen LogP contribution in [0.2, 0.25) is 0 Å². The van der Waals surface area contributed by atoms with Gasteiger partial charge in [0, 0.05) is 31.7 Å². The van der Waals surface area contributed by atoms with Gasteiger partial charge in [0.25, 0.3) is 5.91 Å². The zero-order valence-electron chi connectivity index (χ0n) is 20.2. The Morgan fingerprint density at radius 2 is 1.54 bits per heavy atom. The predicted octanol–water partition coefficient (Wildman–Crippen LogP) is 5.29. The lowest BCUT2D eigenvalue weighted by molar-refractivity contribution is 0.0966. The second-order valence-corrected chi connectivity index (χ2v) is 9.12. The van der Waals surface area contributed by atoms with E-state index in [1.54, 1.807) is 12.1 Å². The van der Waals surface area contributed by atoms with E-state index in [9.17, 15) is 4.79 Å². The van der Waals surface area contributed by atoms with Crippen molar-refractivity contribution >= 4 is 23.2 Å². The Balaban J connectivity index is 1.36. The fourth-order valence-corrected chi connectivity index (χ4v) is 4.65. The van der Waals surface area contributed by atoms with Crippen molar-refractivity contribution in [2.24, 2.45) is 0 Å². The molecule has 4 rings (SSSR count). The normalized spacial score (nSPS) is 14.1. The van der Waals surface area contributed by atoms with Gasteiger partial charge in [0.1, 0.15) is 5.75 Å². The van der Waals surface area contributed by atoms with Gasteiger partial charge in [-0.1, -0.05) is 80.1 Å². The molecular formula is C29H33N3O2S. The fraction of sp³-hybridized carbons (Fsp3) is 0.310. The SMILES string of the molecule is CCCCOc1cccc(C(=O)NC(=S)N2CCN(C(c3ccccc3)c3ccccc3)CC2)c1. The summed E-state index contributed by atoms with van der Waals surface area (Å²) >= 11 is 5.60. The Kier molecular flexibility index (Phi) is 8.87. The predicted molar refractivity (Wildman–Crippen MR) is 145 cm³/mol. The van der Waals surface area contributed by atoms with Crippen molar-refractivity contribution in [2.45, 2.75) is 25.8 Å². The van der Waals surface area contributed by atoms with Crippen molar-refractivity contribution in [3.63, 3.8) is 0 Å². The van der Waals surface area contributed by atoms with E-state index in [0.29, 0.717) is 23.0 Å². The summed E-state index contributed by atoms with van der Waals surface area (Å²) in [5.41, 5.74) is 3.11. The molecule has 1 fully saturated rings. The second-order valence-electron chi connectivity index (χ2n) is 8.74. The average molecular weight is 488 g/mol. The largest absolute Gasteiger partial charge is 0.494 e. The Bertz CT molecular complexity index is 1060. The smallest absolute Gasteiger partial charge is 0.257 e. The molecule has 182 valence electrons. The van der Waals surface area contributed by atoms with Crippen molar-refractivity contribution < 1.29 is 9.53 Å². The van der Waals surface area contributed by atoms with Crippen LogP contribution in [-0.4, -0.2) is 53.6 Å². The van der Waals surface area contributed by atoms with E-state index in [0.717, 1.165) is 39.0 Å². The molecule has 1 aliphatic rings. The minimum Gasteiger partial charge on any atom is -0.494 e. The number of ether oxygens (including phenoxy) is 1. The molecule has 6 heteroatoms.